The van der Waals surface area contributed by atoms with Gasteiger partial charge in [0.2, 0.25) is 5.91 Å². The maximum absolute atomic E-state index is 14.4. The van der Waals surface area contributed by atoms with E-state index in [4.69, 9.17) is 33.0 Å². The Labute approximate surface area is 215 Å². The van der Waals surface area contributed by atoms with E-state index < -0.39 is 23.2 Å². The summed E-state index contributed by atoms with van der Waals surface area (Å²) in [6.45, 7) is 2.09. The summed E-state index contributed by atoms with van der Waals surface area (Å²) < 4.78 is 19.8. The van der Waals surface area contributed by atoms with Crippen LogP contribution in [-0.2, 0) is 15.1 Å². The first-order chi connectivity index (χ1) is 17.1. The van der Waals surface area contributed by atoms with Gasteiger partial charge in [-0.2, -0.15) is 0 Å². The van der Waals surface area contributed by atoms with Gasteiger partial charge in [0.25, 0.3) is 5.91 Å². The van der Waals surface area contributed by atoms with Crippen molar-refractivity contribution in [2.75, 3.05) is 18.5 Å². The average molecular weight is 535 g/mol. The Hall–Kier alpha value is -3.60. The minimum Gasteiger partial charge on any atom is -0.477 e. The first-order valence-corrected chi connectivity index (χ1v) is 11.3. The summed E-state index contributed by atoms with van der Waals surface area (Å²) in [7, 11) is 0. The molecular weight excluding hydrogens is 514 g/mol. The van der Waals surface area contributed by atoms with Crippen LogP contribution < -0.4 is 10.6 Å². The lowest BCUT2D eigenvalue weighted by Crippen LogP contribution is -2.45. The van der Waals surface area contributed by atoms with Gasteiger partial charge < -0.3 is 20.5 Å². The lowest BCUT2D eigenvalue weighted by molar-refractivity contribution is -0.122. The smallest absolute Gasteiger partial charge is 0.354 e. The molecule has 0 saturated carbocycles. The fourth-order valence-corrected chi connectivity index (χ4v) is 3.45. The van der Waals surface area contributed by atoms with Gasteiger partial charge in [0.1, 0.15) is 17.2 Å². The molecule has 0 spiro atoms. The summed E-state index contributed by atoms with van der Waals surface area (Å²) in [6, 6.07) is 10.0. The van der Waals surface area contributed by atoms with Crippen LogP contribution in [0.2, 0.25) is 10.0 Å². The van der Waals surface area contributed by atoms with Crippen LogP contribution in [0.15, 0.2) is 54.9 Å². The second-order valence-corrected chi connectivity index (χ2v) is 8.73. The van der Waals surface area contributed by atoms with Gasteiger partial charge in [-0.25, -0.2) is 19.2 Å². The van der Waals surface area contributed by atoms with Gasteiger partial charge >= 0.3 is 5.97 Å². The Bertz CT molecular complexity index is 1260. The minimum absolute atomic E-state index is 0.00407. The molecule has 9 nitrogen and oxygen atoms in total. The van der Waals surface area contributed by atoms with Crippen molar-refractivity contribution in [3.05, 3.63) is 87.7 Å². The van der Waals surface area contributed by atoms with E-state index in [-0.39, 0.29) is 42.5 Å². The maximum atomic E-state index is 14.4. The van der Waals surface area contributed by atoms with Crippen LogP contribution in [0.4, 0.5) is 10.1 Å². The van der Waals surface area contributed by atoms with Crippen molar-refractivity contribution in [2.45, 2.75) is 18.9 Å². The Balaban J connectivity index is 0.000000303. The van der Waals surface area contributed by atoms with E-state index in [1.165, 1.54) is 48.8 Å². The molecule has 3 aromatic rings. The van der Waals surface area contributed by atoms with Crippen molar-refractivity contribution in [3.8, 4) is 0 Å². The molecule has 1 fully saturated rings. The van der Waals surface area contributed by atoms with Crippen LogP contribution in [-0.4, -0.2) is 46.1 Å². The normalized spacial score (nSPS) is 17.2. The Morgan fingerprint density at radius 1 is 1.08 bits per heavy atom. The minimum atomic E-state index is -1.04. The predicted octanol–water partition coefficient (Wildman–Crippen LogP) is 4.31. The van der Waals surface area contributed by atoms with Gasteiger partial charge in [0.15, 0.2) is 0 Å². The lowest BCUT2D eigenvalue weighted by atomic mass is 9.91. The van der Waals surface area contributed by atoms with Gasteiger partial charge in [-0.05, 0) is 49.4 Å². The molecule has 3 heterocycles. The Morgan fingerprint density at radius 2 is 1.72 bits per heavy atom. The van der Waals surface area contributed by atoms with E-state index in [9.17, 15) is 18.8 Å². The topological polar surface area (TPSA) is 131 Å². The van der Waals surface area contributed by atoms with Gasteiger partial charge in [-0.1, -0.05) is 23.2 Å². The third-order valence-corrected chi connectivity index (χ3v) is 5.45. The zero-order chi connectivity index (χ0) is 26.3. The number of ether oxygens (including phenoxy) is 1. The molecule has 12 heteroatoms. The molecule has 4 rings (SSSR count). The molecule has 1 saturated heterocycles. The number of amides is 2. The van der Waals surface area contributed by atoms with Gasteiger partial charge in [-0.3, -0.25) is 9.59 Å². The number of benzene rings is 1. The van der Waals surface area contributed by atoms with Gasteiger partial charge in [-0.15, -0.1) is 0 Å². The highest BCUT2D eigenvalue weighted by atomic mass is 35.5. The van der Waals surface area contributed by atoms with Crippen LogP contribution in [0.5, 0.6) is 0 Å². The van der Waals surface area contributed by atoms with Crippen molar-refractivity contribution >= 4 is 46.7 Å². The highest BCUT2D eigenvalue weighted by Crippen LogP contribution is 2.28. The molecule has 2 aromatic heterocycles. The summed E-state index contributed by atoms with van der Waals surface area (Å²) in [6.07, 6.45) is 2.88. The number of aromatic nitrogens is 2. The van der Waals surface area contributed by atoms with Crippen LogP contribution in [0.1, 0.15) is 39.9 Å². The van der Waals surface area contributed by atoms with Gasteiger partial charge in [0, 0.05) is 30.1 Å². The second-order valence-electron chi connectivity index (χ2n) is 7.86. The quantitative estimate of drug-likeness (QED) is 0.454. The zero-order valence-corrected chi connectivity index (χ0v) is 20.4. The highest BCUT2D eigenvalue weighted by Gasteiger charge is 2.34. The first kappa shape index (κ1) is 27.0. The van der Waals surface area contributed by atoms with Crippen molar-refractivity contribution in [1.82, 2.24) is 15.3 Å². The van der Waals surface area contributed by atoms with E-state index in [1.807, 2.05) is 0 Å². The van der Waals surface area contributed by atoms with Crippen LogP contribution in [0.25, 0.3) is 0 Å². The number of hydrogen-bond donors (Lipinski definition) is 3. The van der Waals surface area contributed by atoms with Crippen molar-refractivity contribution in [2.24, 2.45) is 0 Å². The average Bonchev–Trinajstić information content (AvgIpc) is 3.02. The number of aromatic carboxylic acids is 1. The number of carbonyl (C=O) groups is 3. The summed E-state index contributed by atoms with van der Waals surface area (Å²) >= 11 is 11.2. The lowest BCUT2D eigenvalue weighted by Gasteiger charge is -2.29. The number of nitrogens with zero attached hydrogens (tertiary/aromatic N) is 2. The fraction of sp³-hybridized carbons (Fsp3) is 0.208. The molecular formula is C24H21Cl2FN4O5. The molecule has 1 aliphatic heterocycles. The summed E-state index contributed by atoms with van der Waals surface area (Å²) in [4.78, 5) is 41.8. The summed E-state index contributed by atoms with van der Waals surface area (Å²) in [5, 5.41) is 14.7. The summed E-state index contributed by atoms with van der Waals surface area (Å²) in [5.41, 5.74) is -0.240. The van der Waals surface area contributed by atoms with E-state index >= 15 is 0 Å². The predicted molar refractivity (Wildman–Crippen MR) is 131 cm³/mol. The number of nitrogens with one attached hydrogen (secondary N) is 2. The first-order valence-electron chi connectivity index (χ1n) is 10.5. The molecule has 188 valence electrons. The van der Waals surface area contributed by atoms with Crippen LogP contribution in [0, 0.1) is 5.82 Å². The molecule has 0 bridgehead atoms. The third kappa shape index (κ3) is 7.20. The molecule has 36 heavy (non-hydrogen) atoms. The monoisotopic (exact) mass is 534 g/mol. The largest absolute Gasteiger partial charge is 0.477 e. The molecule has 1 aliphatic rings. The number of carbonyl (C=O) groups excluding carboxylic acids is 2. The molecule has 1 atom stereocenters. The summed E-state index contributed by atoms with van der Waals surface area (Å²) in [5.74, 6) is -2.22. The molecule has 0 aliphatic carbocycles. The number of rotatable bonds is 4. The van der Waals surface area contributed by atoms with E-state index in [1.54, 1.807) is 13.0 Å². The fourth-order valence-electron chi connectivity index (χ4n) is 3.23. The molecule has 3 N–H and O–H groups in total. The second kappa shape index (κ2) is 11.9. The number of carboxylic acids is 1. The van der Waals surface area contributed by atoms with Crippen LogP contribution in [0.3, 0.4) is 0 Å². The zero-order valence-electron chi connectivity index (χ0n) is 18.9. The number of carboxylic acid groups (broad SMARTS) is 1. The van der Waals surface area contributed by atoms with Crippen molar-refractivity contribution < 1.29 is 28.6 Å². The number of anilines is 1. The van der Waals surface area contributed by atoms with E-state index in [0.29, 0.717) is 15.7 Å². The SMILES string of the molecule is C[C@@]1(c2cc(NC(=O)c3ccc(Cl)cn3)ccc2F)COCCC(=O)N1.O=C(O)c1ccc(Cl)cn1. The third-order valence-electron chi connectivity index (χ3n) is 5.00. The van der Waals surface area contributed by atoms with Crippen LogP contribution >= 0.6 is 23.2 Å². The molecule has 0 unspecified atom stereocenters. The maximum Gasteiger partial charge on any atom is 0.354 e. The molecule has 1 aromatic carbocycles. The highest BCUT2D eigenvalue weighted by molar-refractivity contribution is 6.30. The van der Waals surface area contributed by atoms with Crippen molar-refractivity contribution in [1.29, 1.82) is 0 Å². The van der Waals surface area contributed by atoms with E-state index in [2.05, 4.69) is 20.6 Å². The van der Waals surface area contributed by atoms with Crippen molar-refractivity contribution in [3.63, 3.8) is 0 Å². The molecule has 0 radical (unpaired) electrons. The number of halogens is 3. The number of pyridine rings is 2. The Kier molecular flexibility index (Phi) is 8.92. The van der Waals surface area contributed by atoms with Gasteiger partial charge in [0.05, 0.1) is 28.8 Å². The Morgan fingerprint density at radius 3 is 2.31 bits per heavy atom. The molecule has 2 amide bonds. The standard InChI is InChI=1S/C18H17ClFN3O3.C6H4ClNO2/c1-18(10-26-7-6-16(24)23-18)13-8-12(3-4-14(13)20)22-17(25)15-5-2-11(19)9-21-15;7-4-1-2-5(6(9)10)8-3-4/h2-5,8-9H,6-7,10H2,1H3,(H,22,25)(H,23,24);1-3H,(H,9,10)/t18-;/m0./s1. The van der Waals surface area contributed by atoms with E-state index in [0.717, 1.165) is 0 Å². The number of hydrogen-bond acceptors (Lipinski definition) is 6.